The predicted octanol–water partition coefficient (Wildman–Crippen LogP) is 0.550. The molecule has 3 nitrogen and oxygen atoms in total. The van der Waals surface area contributed by atoms with Crippen molar-refractivity contribution in [2.75, 3.05) is 7.05 Å². The van der Waals surface area contributed by atoms with Crippen LogP contribution in [0.5, 0.6) is 0 Å². The fraction of sp³-hybridized carbons (Fsp3) is 0.333. The van der Waals surface area contributed by atoms with Crippen molar-refractivity contribution in [3.63, 3.8) is 0 Å². The summed E-state index contributed by atoms with van der Waals surface area (Å²) in [6.07, 6.45) is 6.53. The van der Waals surface area contributed by atoms with Crippen LogP contribution >= 0.6 is 0 Å². The van der Waals surface area contributed by atoms with Gasteiger partial charge in [-0.15, -0.1) is 0 Å². The van der Waals surface area contributed by atoms with Crippen molar-refractivity contribution in [3.05, 3.63) is 12.3 Å². The molecule has 0 aliphatic carbocycles. The van der Waals surface area contributed by atoms with Crippen molar-refractivity contribution >= 4 is 12.2 Å². The Hall–Kier alpha value is -1.12. The number of hydrogen-bond acceptors (Lipinski definition) is 1. The number of aliphatic imine (C=N–C) groups is 2. The summed E-state index contributed by atoms with van der Waals surface area (Å²) in [4.78, 5) is 7.86. The van der Waals surface area contributed by atoms with Crippen LogP contribution in [0.2, 0.25) is 0 Å². The van der Waals surface area contributed by atoms with Crippen LogP contribution in [0.4, 0.5) is 0 Å². The molecule has 0 fully saturated rings. The zero-order chi connectivity index (χ0) is 6.53. The van der Waals surface area contributed by atoms with Crippen LogP contribution in [-0.4, -0.2) is 19.2 Å². The first-order valence-corrected chi connectivity index (χ1v) is 2.84. The minimum absolute atomic E-state index is 0.670. The Morgan fingerprint density at radius 1 is 1.78 bits per heavy atom. The van der Waals surface area contributed by atoms with Gasteiger partial charge in [-0.1, -0.05) is 6.08 Å². The van der Waals surface area contributed by atoms with Crippen molar-refractivity contribution in [2.45, 2.75) is 6.42 Å². The smallest absolute Gasteiger partial charge is 0.221 e. The second kappa shape index (κ2) is 3.02. The number of hydrogen-bond donors (Lipinski definition) is 1. The lowest BCUT2D eigenvalue weighted by Crippen LogP contribution is -2.12. The van der Waals surface area contributed by atoms with Gasteiger partial charge in [-0.2, -0.15) is 0 Å². The largest absolute Gasteiger partial charge is 0.331 e. The average Bonchev–Trinajstić information content (AvgIpc) is 2.13. The first-order valence-electron chi connectivity index (χ1n) is 2.84. The minimum atomic E-state index is 0.670. The van der Waals surface area contributed by atoms with Crippen LogP contribution in [0, 0.1) is 0 Å². The normalized spacial score (nSPS) is 21.7. The molecule has 0 radical (unpaired) electrons. The van der Waals surface area contributed by atoms with Crippen LogP contribution in [0.3, 0.4) is 0 Å². The van der Waals surface area contributed by atoms with Gasteiger partial charge in [0.2, 0.25) is 5.96 Å². The molecule has 9 heavy (non-hydrogen) atoms. The van der Waals surface area contributed by atoms with E-state index in [9.17, 15) is 0 Å². The van der Waals surface area contributed by atoms with Gasteiger partial charge >= 0.3 is 0 Å². The van der Waals surface area contributed by atoms with E-state index >= 15 is 0 Å². The molecule has 3 heteroatoms. The molecule has 0 aromatic rings. The van der Waals surface area contributed by atoms with Crippen molar-refractivity contribution in [1.29, 1.82) is 0 Å². The van der Waals surface area contributed by atoms with E-state index in [1.807, 2.05) is 18.5 Å². The van der Waals surface area contributed by atoms with Gasteiger partial charge in [-0.3, -0.25) is 4.99 Å². The second-order valence-corrected chi connectivity index (χ2v) is 1.64. The number of nitrogens with one attached hydrogen (secondary N) is 1. The van der Waals surface area contributed by atoms with Crippen molar-refractivity contribution in [3.8, 4) is 0 Å². The molecule has 1 aliphatic heterocycles. The molecule has 0 saturated carbocycles. The van der Waals surface area contributed by atoms with E-state index in [1.54, 1.807) is 7.05 Å². The molecule has 0 spiro atoms. The average molecular weight is 123 g/mol. The third kappa shape index (κ3) is 1.68. The summed E-state index contributed by atoms with van der Waals surface area (Å²) in [6, 6.07) is 0. The van der Waals surface area contributed by atoms with Gasteiger partial charge in [0.05, 0.1) is 0 Å². The lowest BCUT2D eigenvalue weighted by atomic mass is 10.5. The molecule has 48 valence electrons. The van der Waals surface area contributed by atoms with Gasteiger partial charge in [0.15, 0.2) is 0 Å². The van der Waals surface area contributed by atoms with Crippen LogP contribution in [0.25, 0.3) is 0 Å². The highest BCUT2D eigenvalue weighted by molar-refractivity contribution is 5.89. The summed E-state index contributed by atoms with van der Waals surface area (Å²) in [5.74, 6) is 0.670. The molecule has 0 bridgehead atoms. The number of guanidine groups is 1. The molecule has 0 unspecified atom stereocenters. The third-order valence-corrected chi connectivity index (χ3v) is 0.997. The van der Waals surface area contributed by atoms with Gasteiger partial charge in [0, 0.05) is 25.9 Å². The standard InChI is InChI=1S/C6H9N3/c1-7-6-8-4-2-3-5-9-6/h2,4-5H,3H2,1H3,(H,7,8). The van der Waals surface area contributed by atoms with Gasteiger partial charge in [0.1, 0.15) is 0 Å². The summed E-state index contributed by atoms with van der Waals surface area (Å²) in [6.45, 7) is 0. The first kappa shape index (κ1) is 6.01. The molecule has 1 heterocycles. The van der Waals surface area contributed by atoms with Gasteiger partial charge in [-0.05, 0) is 0 Å². The molecule has 0 amide bonds. The number of nitrogens with zero attached hydrogens (tertiary/aromatic N) is 2. The summed E-state index contributed by atoms with van der Waals surface area (Å²) >= 11 is 0. The summed E-state index contributed by atoms with van der Waals surface area (Å²) < 4.78 is 0. The van der Waals surface area contributed by atoms with E-state index in [4.69, 9.17) is 0 Å². The van der Waals surface area contributed by atoms with Crippen LogP contribution in [0.1, 0.15) is 6.42 Å². The summed E-state index contributed by atoms with van der Waals surface area (Å²) in [5, 5.41) is 2.90. The highest BCUT2D eigenvalue weighted by Gasteiger charge is 1.89. The molecule has 1 N–H and O–H groups in total. The van der Waals surface area contributed by atoms with Crippen molar-refractivity contribution in [1.82, 2.24) is 5.32 Å². The van der Waals surface area contributed by atoms with E-state index in [2.05, 4.69) is 15.3 Å². The first-order chi connectivity index (χ1) is 4.43. The van der Waals surface area contributed by atoms with E-state index in [0.717, 1.165) is 6.42 Å². The highest BCUT2D eigenvalue weighted by Crippen LogP contribution is 1.84. The second-order valence-electron chi connectivity index (χ2n) is 1.64. The van der Waals surface area contributed by atoms with Crippen LogP contribution < -0.4 is 5.32 Å². The zero-order valence-electron chi connectivity index (χ0n) is 5.33. The topological polar surface area (TPSA) is 36.8 Å². The van der Waals surface area contributed by atoms with Crippen LogP contribution in [0.15, 0.2) is 22.3 Å². The SMILES string of the molecule is CN=C1N=CCC=CN1. The maximum absolute atomic E-state index is 3.99. The van der Waals surface area contributed by atoms with Gasteiger partial charge in [0.25, 0.3) is 0 Å². The maximum atomic E-state index is 3.99. The fourth-order valence-corrected chi connectivity index (χ4v) is 0.561. The van der Waals surface area contributed by atoms with E-state index in [1.165, 1.54) is 0 Å². The Kier molecular flexibility index (Phi) is 2.01. The zero-order valence-corrected chi connectivity index (χ0v) is 5.33. The minimum Gasteiger partial charge on any atom is -0.331 e. The monoisotopic (exact) mass is 123 g/mol. The Bertz CT molecular complexity index is 167. The molecular formula is C6H9N3. The molecule has 0 saturated heterocycles. The Balaban J connectivity index is 2.66. The molecule has 0 atom stereocenters. The maximum Gasteiger partial charge on any atom is 0.221 e. The Morgan fingerprint density at radius 2 is 2.67 bits per heavy atom. The Morgan fingerprint density at radius 3 is 3.44 bits per heavy atom. The van der Waals surface area contributed by atoms with Crippen molar-refractivity contribution < 1.29 is 0 Å². The molecule has 1 rings (SSSR count). The highest BCUT2D eigenvalue weighted by atomic mass is 15.1. The summed E-state index contributed by atoms with van der Waals surface area (Å²) in [7, 11) is 1.71. The van der Waals surface area contributed by atoms with Crippen molar-refractivity contribution in [2.24, 2.45) is 9.98 Å². The van der Waals surface area contributed by atoms with Gasteiger partial charge in [-0.25, -0.2) is 4.99 Å². The predicted molar refractivity (Wildman–Crippen MR) is 38.7 cm³/mol. The molecule has 0 aromatic carbocycles. The lowest BCUT2D eigenvalue weighted by molar-refractivity contribution is 1.20. The molecular weight excluding hydrogens is 114 g/mol. The molecule has 0 aromatic heterocycles. The quantitative estimate of drug-likeness (QED) is 0.501. The van der Waals surface area contributed by atoms with E-state index in [-0.39, 0.29) is 0 Å². The van der Waals surface area contributed by atoms with Gasteiger partial charge < -0.3 is 5.32 Å². The third-order valence-electron chi connectivity index (χ3n) is 0.997. The number of rotatable bonds is 0. The summed E-state index contributed by atoms with van der Waals surface area (Å²) in [5.41, 5.74) is 0. The van der Waals surface area contributed by atoms with Crippen LogP contribution in [-0.2, 0) is 0 Å². The Labute approximate surface area is 54.2 Å². The molecule has 1 aliphatic rings. The lowest BCUT2D eigenvalue weighted by Gasteiger charge is -1.92. The van der Waals surface area contributed by atoms with E-state index < -0.39 is 0 Å². The fourth-order valence-electron chi connectivity index (χ4n) is 0.561. The van der Waals surface area contributed by atoms with E-state index in [0.29, 0.717) is 5.96 Å². The number of allylic oxidation sites excluding steroid dienone is 1.